The Morgan fingerprint density at radius 1 is 0.957 bits per heavy atom. The summed E-state index contributed by atoms with van der Waals surface area (Å²) >= 11 is 0. The van der Waals surface area contributed by atoms with Crippen molar-refractivity contribution in [3.05, 3.63) is 24.0 Å². The van der Waals surface area contributed by atoms with E-state index in [0.717, 1.165) is 85.4 Å². The highest BCUT2D eigenvalue weighted by Gasteiger charge is 2.19. The summed E-state index contributed by atoms with van der Waals surface area (Å²) in [6.45, 7) is 9.98. The van der Waals surface area contributed by atoms with Gasteiger partial charge in [-0.05, 0) is 24.6 Å². The lowest BCUT2D eigenvalue weighted by molar-refractivity contribution is -0.139. The van der Waals surface area contributed by atoms with Crippen molar-refractivity contribution in [2.45, 2.75) is 39.0 Å². The molecule has 1 amide bonds. The Morgan fingerprint density at radius 2 is 1.68 bits per heavy atom. The number of carboxylic acids is 1. The number of nitrogens with two attached hydrogens (primary N) is 1. The Morgan fingerprint density at radius 3 is 2.40 bits per heavy atom. The number of anilines is 2. The maximum absolute atomic E-state index is 12.8. The van der Waals surface area contributed by atoms with Crippen molar-refractivity contribution in [3.8, 4) is 0 Å². The van der Waals surface area contributed by atoms with E-state index in [0.29, 0.717) is 51.9 Å². The number of nitrogens with zero attached hydrogens (tertiary/aromatic N) is 5. The van der Waals surface area contributed by atoms with Crippen molar-refractivity contribution in [1.82, 2.24) is 24.8 Å². The largest absolute Gasteiger partial charge is 0.481 e. The number of aliphatic carboxylic acids is 1. The summed E-state index contributed by atoms with van der Waals surface area (Å²) in [4.78, 5) is 42.9. The van der Waals surface area contributed by atoms with E-state index in [1.165, 1.54) is 0 Å². The lowest BCUT2D eigenvalue weighted by atomic mass is 10.1. The number of unbranched alkanes of at least 4 members (excludes halogenated alkanes) is 1. The molecule has 0 radical (unpaired) electrons. The van der Waals surface area contributed by atoms with Gasteiger partial charge < -0.3 is 44.6 Å². The predicted octanol–water partition coefficient (Wildman–Crippen LogP) is 2.55. The van der Waals surface area contributed by atoms with Crippen molar-refractivity contribution < 1.29 is 33.6 Å². The Balaban J connectivity index is 1.21. The van der Waals surface area contributed by atoms with E-state index in [9.17, 15) is 9.59 Å². The van der Waals surface area contributed by atoms with Crippen LogP contribution in [0.15, 0.2) is 18.2 Å². The molecular weight excluding hydrogens is 606 g/mol. The van der Waals surface area contributed by atoms with Gasteiger partial charge in [0.15, 0.2) is 0 Å². The topological polar surface area (TPSA) is 169 Å². The van der Waals surface area contributed by atoms with Crippen molar-refractivity contribution in [2.24, 2.45) is 0 Å². The molecule has 1 aliphatic rings. The number of rotatable bonds is 22. The van der Waals surface area contributed by atoms with Gasteiger partial charge in [-0.1, -0.05) is 13.3 Å². The van der Waals surface area contributed by atoms with Crippen LogP contribution in [0.5, 0.6) is 0 Å². The van der Waals surface area contributed by atoms with Gasteiger partial charge in [0, 0.05) is 70.4 Å². The Bertz CT molecular complexity index is 1410. The summed E-state index contributed by atoms with van der Waals surface area (Å²) in [7, 11) is 1.60. The highest BCUT2D eigenvalue weighted by Crippen LogP contribution is 2.30. The number of aromatic nitrogens is 3. The molecule has 1 aromatic carbocycles. The maximum Gasteiger partial charge on any atom is 0.305 e. The van der Waals surface area contributed by atoms with E-state index >= 15 is 0 Å². The number of fused-ring (bicyclic) bond motifs is 3. The number of imidazole rings is 1. The summed E-state index contributed by atoms with van der Waals surface area (Å²) in [6, 6.07) is 6.33. The van der Waals surface area contributed by atoms with E-state index in [4.69, 9.17) is 34.8 Å². The third-order valence-electron chi connectivity index (χ3n) is 8.26. The van der Waals surface area contributed by atoms with Gasteiger partial charge in [0.2, 0.25) is 5.91 Å². The van der Waals surface area contributed by atoms with Crippen molar-refractivity contribution >= 4 is 45.3 Å². The van der Waals surface area contributed by atoms with Gasteiger partial charge in [0.05, 0.1) is 64.6 Å². The Hall–Kier alpha value is -3.56. The minimum absolute atomic E-state index is 0.0538. The molecule has 260 valence electrons. The van der Waals surface area contributed by atoms with Crippen LogP contribution in [0, 0.1) is 0 Å². The molecule has 3 aromatic rings. The number of hydrogen-bond donors (Lipinski definition) is 3. The summed E-state index contributed by atoms with van der Waals surface area (Å²) in [5.41, 5.74) is 9.97. The van der Waals surface area contributed by atoms with Gasteiger partial charge in [0.1, 0.15) is 22.7 Å². The molecule has 0 spiro atoms. The standard InChI is InChI=1S/C33H51N7O7/c1-3-4-5-28-36-31-26-24-25(6-7-27(26)35-33(34)32(31)37-28)39-12-10-38(11-13-39)14-19-47-21-16-40(15-20-45-18-9-30(42)43)29(41)8-17-46-23-22-44-2/h6-7,24H,3-5,8-23H2,1-2H3,(H2,34,35)(H,36,37)(H,42,43). The summed E-state index contributed by atoms with van der Waals surface area (Å²) in [5, 5.41) is 9.81. The summed E-state index contributed by atoms with van der Waals surface area (Å²) in [5.74, 6) is 0.469. The Kier molecular flexibility index (Phi) is 14.9. The molecule has 1 aliphatic heterocycles. The first-order valence-electron chi connectivity index (χ1n) is 16.7. The smallest absolute Gasteiger partial charge is 0.305 e. The first-order valence-corrected chi connectivity index (χ1v) is 16.7. The number of benzene rings is 1. The van der Waals surface area contributed by atoms with E-state index in [2.05, 4.69) is 38.8 Å². The molecule has 0 aliphatic carbocycles. The van der Waals surface area contributed by atoms with Crippen molar-refractivity contribution in [1.29, 1.82) is 0 Å². The predicted molar refractivity (Wildman–Crippen MR) is 181 cm³/mol. The number of nitrogen functional groups attached to an aromatic ring is 1. The number of ether oxygens (including phenoxy) is 4. The van der Waals surface area contributed by atoms with Gasteiger partial charge in [0.25, 0.3) is 0 Å². The van der Waals surface area contributed by atoms with E-state index in [1.807, 2.05) is 6.07 Å². The first-order chi connectivity index (χ1) is 22.9. The molecule has 1 fully saturated rings. The summed E-state index contributed by atoms with van der Waals surface area (Å²) < 4.78 is 21.7. The van der Waals surface area contributed by atoms with Gasteiger partial charge in [-0.2, -0.15) is 0 Å². The zero-order valence-electron chi connectivity index (χ0n) is 27.9. The molecule has 14 nitrogen and oxygen atoms in total. The van der Waals surface area contributed by atoms with E-state index in [-0.39, 0.29) is 32.0 Å². The second-order valence-electron chi connectivity index (χ2n) is 11.6. The van der Waals surface area contributed by atoms with Crippen LogP contribution < -0.4 is 10.6 Å². The molecule has 47 heavy (non-hydrogen) atoms. The minimum Gasteiger partial charge on any atom is -0.481 e. The number of H-pyrrole nitrogens is 1. The molecule has 4 rings (SSSR count). The second-order valence-corrected chi connectivity index (χ2v) is 11.6. The van der Waals surface area contributed by atoms with Gasteiger partial charge in [-0.25, -0.2) is 9.97 Å². The van der Waals surface area contributed by atoms with Crippen LogP contribution in [-0.4, -0.2) is 141 Å². The monoisotopic (exact) mass is 657 g/mol. The fourth-order valence-electron chi connectivity index (χ4n) is 5.52. The Labute approximate surface area is 276 Å². The van der Waals surface area contributed by atoms with Crippen LogP contribution in [0.3, 0.4) is 0 Å². The van der Waals surface area contributed by atoms with Gasteiger partial charge in [-0.3, -0.25) is 14.5 Å². The number of pyridine rings is 1. The zero-order chi connectivity index (χ0) is 33.4. The number of aromatic amines is 1. The number of carbonyl (C=O) groups excluding carboxylic acids is 1. The molecule has 4 N–H and O–H groups in total. The number of hydrogen-bond acceptors (Lipinski definition) is 11. The molecule has 0 saturated carbocycles. The van der Waals surface area contributed by atoms with Crippen molar-refractivity contribution in [3.63, 3.8) is 0 Å². The SMILES string of the molecule is CCCCc1nc2c([nH]1)c(N)nc1ccc(N3CCN(CCOCCN(CCOCCC(=O)O)C(=O)CCOCCOC)CC3)cc12. The normalized spacial score (nSPS) is 14.0. The number of carboxylic acid groups (broad SMARTS) is 1. The molecule has 1 saturated heterocycles. The molecule has 0 atom stereocenters. The third kappa shape index (κ3) is 11.3. The van der Waals surface area contributed by atoms with E-state index < -0.39 is 5.97 Å². The molecule has 2 aromatic heterocycles. The molecule has 0 unspecified atom stereocenters. The quantitative estimate of drug-likeness (QED) is 0.135. The number of carbonyl (C=O) groups is 2. The van der Waals surface area contributed by atoms with Crippen LogP contribution in [0.2, 0.25) is 0 Å². The maximum atomic E-state index is 12.8. The van der Waals surface area contributed by atoms with Crippen LogP contribution >= 0.6 is 0 Å². The second kappa shape index (κ2) is 19.3. The number of methoxy groups -OCH3 is 1. The van der Waals surface area contributed by atoms with Crippen LogP contribution in [-0.2, 0) is 35.0 Å². The molecule has 3 heterocycles. The fourth-order valence-corrected chi connectivity index (χ4v) is 5.52. The third-order valence-corrected chi connectivity index (χ3v) is 8.26. The van der Waals surface area contributed by atoms with Crippen LogP contribution in [0.25, 0.3) is 21.9 Å². The zero-order valence-corrected chi connectivity index (χ0v) is 27.9. The first kappa shape index (κ1) is 36.3. The summed E-state index contributed by atoms with van der Waals surface area (Å²) in [6.07, 6.45) is 3.25. The average Bonchev–Trinajstić information content (AvgIpc) is 3.51. The van der Waals surface area contributed by atoms with Crippen LogP contribution in [0.1, 0.15) is 38.4 Å². The molecular formula is C33H51N7O7. The van der Waals surface area contributed by atoms with Gasteiger partial charge >= 0.3 is 5.97 Å². The lowest BCUT2D eigenvalue weighted by Crippen LogP contribution is -2.47. The number of aryl methyl sites for hydroxylation is 1. The van der Waals surface area contributed by atoms with Crippen molar-refractivity contribution in [2.75, 3.05) is 110 Å². The average molecular weight is 658 g/mol. The van der Waals surface area contributed by atoms with E-state index in [1.54, 1.807) is 12.0 Å². The number of piperazine rings is 1. The van der Waals surface area contributed by atoms with Crippen LogP contribution in [0.4, 0.5) is 11.5 Å². The highest BCUT2D eigenvalue weighted by atomic mass is 16.5. The lowest BCUT2D eigenvalue weighted by Gasteiger charge is -2.36. The molecule has 0 bridgehead atoms. The minimum atomic E-state index is -0.912. The fraction of sp³-hybridized carbons (Fsp3) is 0.636. The number of amides is 1. The highest BCUT2D eigenvalue weighted by molar-refractivity contribution is 6.07. The molecule has 14 heteroatoms. The number of nitrogens with one attached hydrogen (secondary N) is 1. The van der Waals surface area contributed by atoms with Gasteiger partial charge in [-0.15, -0.1) is 0 Å².